The third-order valence-corrected chi connectivity index (χ3v) is 5.92. The molecule has 1 fully saturated rings. The minimum atomic E-state index is -0.423. The molecule has 0 spiro atoms. The zero-order chi connectivity index (χ0) is 23.2. The number of rotatable bonds is 6. The number of amides is 2. The number of carbonyl (C=O) groups is 2. The normalized spacial score (nSPS) is 16.4. The number of halogens is 1. The number of aromatic nitrogens is 1. The Labute approximate surface area is 193 Å². The van der Waals surface area contributed by atoms with E-state index >= 15 is 0 Å². The first kappa shape index (κ1) is 22.4. The molecule has 1 saturated heterocycles. The van der Waals surface area contributed by atoms with Crippen molar-refractivity contribution >= 4 is 11.8 Å². The van der Waals surface area contributed by atoms with Crippen molar-refractivity contribution in [1.29, 1.82) is 0 Å². The lowest BCUT2D eigenvalue weighted by atomic mass is 9.91. The second kappa shape index (κ2) is 10.2. The summed E-state index contributed by atoms with van der Waals surface area (Å²) in [5.74, 6) is -0.852. The van der Waals surface area contributed by atoms with Gasteiger partial charge in [-0.3, -0.25) is 14.6 Å². The Balaban J connectivity index is 1.65. The number of hydrogen-bond acceptors (Lipinski definition) is 3. The summed E-state index contributed by atoms with van der Waals surface area (Å²) in [7, 11) is 0. The lowest BCUT2D eigenvalue weighted by Gasteiger charge is -2.24. The van der Waals surface area contributed by atoms with Crippen LogP contribution in [0.15, 0.2) is 85.7 Å². The maximum Gasteiger partial charge on any atom is 0.254 e. The molecular weight excluding hydrogens is 417 g/mol. The topological polar surface area (TPSA) is 53.5 Å². The van der Waals surface area contributed by atoms with Crippen LogP contribution in [-0.4, -0.2) is 52.8 Å². The Kier molecular flexibility index (Phi) is 6.93. The smallest absolute Gasteiger partial charge is 0.254 e. The molecule has 2 aromatic carbocycles. The van der Waals surface area contributed by atoms with E-state index in [4.69, 9.17) is 0 Å². The standard InChI is InChI=1S/C27H26FN3O2/c1-2-14-30-15-16-31(26(32)20-10-12-29-13-11-20)19-23(27(30)33)17-21-6-3-4-9-25(21)22-7-5-8-24(28)18-22/h2-13,18,23H,1,14-17,19H2/t23-/m0/s1. The van der Waals surface area contributed by atoms with Gasteiger partial charge in [-0.1, -0.05) is 42.5 Å². The van der Waals surface area contributed by atoms with E-state index in [0.717, 1.165) is 16.7 Å². The molecule has 3 aromatic rings. The van der Waals surface area contributed by atoms with Crippen molar-refractivity contribution in [3.05, 3.63) is 103 Å². The maximum absolute atomic E-state index is 13.9. The highest BCUT2D eigenvalue weighted by Crippen LogP contribution is 2.28. The highest BCUT2D eigenvalue weighted by atomic mass is 19.1. The number of benzene rings is 2. The highest BCUT2D eigenvalue weighted by molar-refractivity contribution is 5.94. The Bertz CT molecular complexity index is 1150. The molecule has 168 valence electrons. The van der Waals surface area contributed by atoms with Crippen molar-refractivity contribution in [1.82, 2.24) is 14.8 Å². The molecule has 0 aliphatic carbocycles. The van der Waals surface area contributed by atoms with Gasteiger partial charge < -0.3 is 9.80 Å². The van der Waals surface area contributed by atoms with E-state index in [2.05, 4.69) is 11.6 Å². The molecule has 0 bridgehead atoms. The predicted octanol–water partition coefficient (Wildman–Crippen LogP) is 4.22. The summed E-state index contributed by atoms with van der Waals surface area (Å²) in [6.07, 6.45) is 5.33. The fourth-order valence-corrected chi connectivity index (χ4v) is 4.30. The van der Waals surface area contributed by atoms with Crippen LogP contribution in [-0.2, 0) is 11.2 Å². The van der Waals surface area contributed by atoms with Crippen molar-refractivity contribution in [3.63, 3.8) is 0 Å². The first-order chi connectivity index (χ1) is 16.1. The molecule has 6 heteroatoms. The average molecular weight is 444 g/mol. The van der Waals surface area contributed by atoms with Crippen LogP contribution in [0.25, 0.3) is 11.1 Å². The molecular formula is C27H26FN3O2. The van der Waals surface area contributed by atoms with Crippen molar-refractivity contribution in [2.24, 2.45) is 5.92 Å². The summed E-state index contributed by atoms with van der Waals surface area (Å²) >= 11 is 0. The fourth-order valence-electron chi connectivity index (χ4n) is 4.30. The minimum Gasteiger partial charge on any atom is -0.337 e. The van der Waals surface area contributed by atoms with Gasteiger partial charge in [0.15, 0.2) is 0 Å². The Morgan fingerprint density at radius 1 is 1.09 bits per heavy atom. The number of nitrogens with zero attached hydrogens (tertiary/aromatic N) is 3. The molecule has 0 N–H and O–H groups in total. The van der Waals surface area contributed by atoms with Crippen molar-refractivity contribution in [3.8, 4) is 11.1 Å². The first-order valence-corrected chi connectivity index (χ1v) is 11.0. The van der Waals surface area contributed by atoms with E-state index in [1.165, 1.54) is 12.1 Å². The van der Waals surface area contributed by atoms with Crippen molar-refractivity contribution < 1.29 is 14.0 Å². The van der Waals surface area contributed by atoms with E-state index in [-0.39, 0.29) is 17.6 Å². The Morgan fingerprint density at radius 3 is 2.64 bits per heavy atom. The third-order valence-electron chi connectivity index (χ3n) is 5.92. The van der Waals surface area contributed by atoms with Crippen molar-refractivity contribution in [2.45, 2.75) is 6.42 Å². The van der Waals surface area contributed by atoms with Crippen LogP contribution in [0.2, 0.25) is 0 Å². The third kappa shape index (κ3) is 5.17. The van der Waals surface area contributed by atoms with Gasteiger partial charge in [0.25, 0.3) is 5.91 Å². The summed E-state index contributed by atoms with van der Waals surface area (Å²) in [5.41, 5.74) is 3.14. The van der Waals surface area contributed by atoms with Crippen LogP contribution >= 0.6 is 0 Å². The average Bonchev–Trinajstić information content (AvgIpc) is 2.99. The van der Waals surface area contributed by atoms with Gasteiger partial charge in [0, 0.05) is 44.1 Å². The van der Waals surface area contributed by atoms with Gasteiger partial charge in [-0.2, -0.15) is 0 Å². The predicted molar refractivity (Wildman–Crippen MR) is 126 cm³/mol. The summed E-state index contributed by atoms with van der Waals surface area (Å²) in [6, 6.07) is 17.5. The number of pyridine rings is 1. The summed E-state index contributed by atoms with van der Waals surface area (Å²) in [4.78, 5) is 34.0. The maximum atomic E-state index is 13.9. The molecule has 5 nitrogen and oxygen atoms in total. The van der Waals surface area contributed by atoms with Gasteiger partial charge in [0.05, 0.1) is 5.92 Å². The fraction of sp³-hybridized carbons (Fsp3) is 0.222. The number of hydrogen-bond donors (Lipinski definition) is 0. The van der Waals surface area contributed by atoms with Crippen LogP contribution in [0.5, 0.6) is 0 Å². The second-order valence-electron chi connectivity index (χ2n) is 8.13. The molecule has 1 aliphatic heterocycles. The molecule has 0 saturated carbocycles. The molecule has 33 heavy (non-hydrogen) atoms. The minimum absolute atomic E-state index is 0.00558. The summed E-state index contributed by atoms with van der Waals surface area (Å²) < 4.78 is 13.9. The molecule has 0 radical (unpaired) electrons. The zero-order valence-electron chi connectivity index (χ0n) is 18.4. The second-order valence-corrected chi connectivity index (χ2v) is 8.13. The highest BCUT2D eigenvalue weighted by Gasteiger charge is 2.32. The largest absolute Gasteiger partial charge is 0.337 e. The monoisotopic (exact) mass is 443 g/mol. The molecule has 2 amide bonds. The SMILES string of the molecule is C=CCN1CCN(C(=O)c2ccncc2)C[C@H](Cc2ccccc2-c2cccc(F)c2)C1=O. The molecule has 1 aromatic heterocycles. The van der Waals surface area contributed by atoms with E-state index in [1.54, 1.807) is 46.5 Å². The van der Waals surface area contributed by atoms with Gasteiger partial charge >= 0.3 is 0 Å². The summed E-state index contributed by atoms with van der Waals surface area (Å²) in [6.45, 7) is 5.41. The molecule has 1 aliphatic rings. The lowest BCUT2D eigenvalue weighted by Crippen LogP contribution is -2.38. The Hall–Kier alpha value is -3.80. The van der Waals surface area contributed by atoms with Gasteiger partial charge in [-0.15, -0.1) is 6.58 Å². The Morgan fingerprint density at radius 2 is 1.88 bits per heavy atom. The summed E-state index contributed by atoms with van der Waals surface area (Å²) in [5, 5.41) is 0. The zero-order valence-corrected chi connectivity index (χ0v) is 18.4. The quantitative estimate of drug-likeness (QED) is 0.536. The van der Waals surface area contributed by atoms with E-state index < -0.39 is 5.92 Å². The number of carbonyl (C=O) groups excluding carboxylic acids is 2. The van der Waals surface area contributed by atoms with Crippen LogP contribution in [0, 0.1) is 11.7 Å². The van der Waals surface area contributed by atoms with Gasteiger partial charge in [0.2, 0.25) is 5.91 Å². The van der Waals surface area contributed by atoms with E-state index in [9.17, 15) is 14.0 Å². The van der Waals surface area contributed by atoms with Crippen LogP contribution in [0.4, 0.5) is 4.39 Å². The molecule has 0 unspecified atom stereocenters. The van der Waals surface area contributed by atoms with Crippen LogP contribution in [0.1, 0.15) is 15.9 Å². The van der Waals surface area contributed by atoms with Gasteiger partial charge in [-0.05, 0) is 47.4 Å². The van der Waals surface area contributed by atoms with Crippen molar-refractivity contribution in [2.75, 3.05) is 26.2 Å². The van der Waals surface area contributed by atoms with Crippen LogP contribution < -0.4 is 0 Å². The van der Waals surface area contributed by atoms with Gasteiger partial charge in [-0.25, -0.2) is 4.39 Å². The lowest BCUT2D eigenvalue weighted by molar-refractivity contribution is -0.134. The molecule has 2 heterocycles. The van der Waals surface area contributed by atoms with E-state index in [0.29, 0.717) is 38.2 Å². The van der Waals surface area contributed by atoms with Crippen LogP contribution in [0.3, 0.4) is 0 Å². The molecule has 4 rings (SSSR count). The first-order valence-electron chi connectivity index (χ1n) is 11.0. The van der Waals surface area contributed by atoms with Gasteiger partial charge in [0.1, 0.15) is 5.82 Å². The van der Waals surface area contributed by atoms with E-state index in [1.807, 2.05) is 30.3 Å². The molecule has 1 atom stereocenters.